The summed E-state index contributed by atoms with van der Waals surface area (Å²) in [6.07, 6.45) is 3.50. The highest BCUT2D eigenvalue weighted by Crippen LogP contribution is 2.27. The second-order valence-corrected chi connectivity index (χ2v) is 9.14. The topological polar surface area (TPSA) is 141 Å². The number of anilines is 1. The number of halogens is 1. The van der Waals surface area contributed by atoms with Gasteiger partial charge in [-0.05, 0) is 56.2 Å². The smallest absolute Gasteiger partial charge is 0.284 e. The zero-order valence-electron chi connectivity index (χ0n) is 20.9. The molecule has 0 unspecified atom stereocenters. The van der Waals surface area contributed by atoms with Crippen LogP contribution in [0.1, 0.15) is 38.4 Å². The van der Waals surface area contributed by atoms with Crippen molar-refractivity contribution >= 4 is 46.1 Å². The Morgan fingerprint density at radius 1 is 1.19 bits per heavy atom. The Bertz CT molecular complexity index is 1440. The van der Waals surface area contributed by atoms with E-state index in [1.54, 1.807) is 30.8 Å². The van der Waals surface area contributed by atoms with Crippen LogP contribution in [0, 0.1) is 19.7 Å². The first-order chi connectivity index (χ1) is 17.6. The van der Waals surface area contributed by atoms with Gasteiger partial charge >= 0.3 is 0 Å². The van der Waals surface area contributed by atoms with Gasteiger partial charge in [-0.15, -0.1) is 11.3 Å². The van der Waals surface area contributed by atoms with Crippen molar-refractivity contribution < 1.29 is 14.0 Å². The molecule has 192 valence electrons. The maximum atomic E-state index is 14.8. The minimum atomic E-state index is -0.808. The molecule has 0 bridgehead atoms. The van der Waals surface area contributed by atoms with Gasteiger partial charge in [0.15, 0.2) is 10.8 Å². The van der Waals surface area contributed by atoms with Gasteiger partial charge < -0.3 is 16.8 Å². The summed E-state index contributed by atoms with van der Waals surface area (Å²) in [4.78, 5) is 34.4. The number of aliphatic imine (C=N–C) groups is 1. The molecule has 0 atom stereocenters. The summed E-state index contributed by atoms with van der Waals surface area (Å²) < 4.78 is 16.4. The molecule has 11 heteroatoms. The third-order valence-electron chi connectivity index (χ3n) is 5.40. The number of hydrogen-bond donors (Lipinski definition) is 3. The first-order valence-electron chi connectivity index (χ1n) is 11.4. The number of primary amides is 1. The van der Waals surface area contributed by atoms with Crippen molar-refractivity contribution in [2.24, 2.45) is 23.5 Å². The molecule has 9 nitrogen and oxygen atoms in total. The number of carbonyl (C=O) groups excluding carboxylic acids is 2. The van der Waals surface area contributed by atoms with Crippen molar-refractivity contribution in [3.8, 4) is 0 Å². The molecule has 0 saturated heterocycles. The van der Waals surface area contributed by atoms with Crippen LogP contribution in [0.4, 0.5) is 15.9 Å². The van der Waals surface area contributed by atoms with E-state index in [9.17, 15) is 14.0 Å². The molecule has 2 amide bonds. The summed E-state index contributed by atoms with van der Waals surface area (Å²) in [6, 6.07) is 11.6. The van der Waals surface area contributed by atoms with E-state index in [1.807, 2.05) is 32.0 Å². The molecular weight excluding hydrogens is 493 g/mol. The summed E-state index contributed by atoms with van der Waals surface area (Å²) in [5, 5.41) is 6.97. The highest BCUT2D eigenvalue weighted by molar-refractivity contribution is 7.13. The first kappa shape index (κ1) is 27.2. The van der Waals surface area contributed by atoms with Gasteiger partial charge in [-0.25, -0.2) is 14.4 Å². The molecule has 0 aliphatic heterocycles. The summed E-state index contributed by atoms with van der Waals surface area (Å²) in [7, 11) is 1.74. The Morgan fingerprint density at radius 2 is 1.95 bits per heavy atom. The largest absolute Gasteiger partial charge is 0.398 e. The Hall–Kier alpha value is -4.38. The maximum Gasteiger partial charge on any atom is 0.284 e. The predicted octanol–water partition coefficient (Wildman–Crippen LogP) is 4.13. The number of benzene rings is 1. The normalized spacial score (nSPS) is 11.7. The van der Waals surface area contributed by atoms with Crippen molar-refractivity contribution in [1.82, 2.24) is 14.8 Å². The van der Waals surface area contributed by atoms with Crippen LogP contribution in [-0.4, -0.2) is 32.3 Å². The van der Waals surface area contributed by atoms with Crippen LogP contribution in [0.25, 0.3) is 5.70 Å². The molecule has 0 fully saturated rings. The summed E-state index contributed by atoms with van der Waals surface area (Å²) in [5.41, 5.74) is 13.3. The fraction of sp³-hybridized carbons (Fsp3) is 0.192. The number of nitrogens with zero attached hydrogens (tertiary/aromatic N) is 4. The van der Waals surface area contributed by atoms with Crippen LogP contribution in [-0.2, 0) is 18.3 Å². The number of carbonyl (C=O) groups is 2. The molecule has 1 aromatic carbocycles. The van der Waals surface area contributed by atoms with Crippen LogP contribution in [0.2, 0.25) is 0 Å². The van der Waals surface area contributed by atoms with Crippen LogP contribution >= 0.6 is 11.3 Å². The minimum Gasteiger partial charge on any atom is -0.398 e. The summed E-state index contributed by atoms with van der Waals surface area (Å²) in [5.74, 6) is -1.73. The molecule has 2 heterocycles. The van der Waals surface area contributed by atoms with Crippen LogP contribution in [0.5, 0.6) is 0 Å². The van der Waals surface area contributed by atoms with Crippen molar-refractivity contribution in [2.75, 3.05) is 5.32 Å². The monoisotopic (exact) mass is 521 g/mol. The Morgan fingerprint density at radius 3 is 2.59 bits per heavy atom. The van der Waals surface area contributed by atoms with Crippen molar-refractivity contribution in [3.63, 3.8) is 0 Å². The molecule has 3 aromatic rings. The number of hydrogen-bond acceptors (Lipinski definition) is 7. The molecule has 0 radical (unpaired) electrons. The standard InChI is InChI=1S/C26H28FN7O2S/c1-5-17-9-7-6-8-12-30-26(37-17)25(36)32-23-16(3)18(10-11-19(23)27)20(28)14-21(24(29)35)31-22-13-15(2)34(4)33-22/h6-14H,5,28H2,1-4H3,(H2,29,35)(H,32,36). The zero-order chi connectivity index (χ0) is 27.1. The van der Waals surface area contributed by atoms with Gasteiger partial charge in [0.25, 0.3) is 11.8 Å². The van der Waals surface area contributed by atoms with E-state index in [0.717, 1.165) is 10.6 Å². The van der Waals surface area contributed by atoms with Gasteiger partial charge in [0.2, 0.25) is 0 Å². The third kappa shape index (κ3) is 6.85. The minimum absolute atomic E-state index is 0.0518. The highest BCUT2D eigenvalue weighted by atomic mass is 32.1. The molecule has 0 saturated carbocycles. The quantitative estimate of drug-likeness (QED) is 0.401. The van der Waals surface area contributed by atoms with Crippen LogP contribution in [0.15, 0.2) is 59.7 Å². The van der Waals surface area contributed by atoms with Crippen LogP contribution < -0.4 is 16.8 Å². The number of amides is 2. The molecule has 0 aliphatic rings. The maximum absolute atomic E-state index is 14.8. The Labute approximate surface area is 218 Å². The number of aromatic nitrogens is 3. The van der Waals surface area contributed by atoms with Crippen molar-refractivity contribution in [3.05, 3.63) is 87.3 Å². The lowest BCUT2D eigenvalue weighted by Gasteiger charge is -2.14. The van der Waals surface area contributed by atoms with E-state index in [-0.39, 0.29) is 22.1 Å². The van der Waals surface area contributed by atoms with E-state index in [2.05, 4.69) is 20.4 Å². The lowest BCUT2D eigenvalue weighted by atomic mass is 10.0. The average Bonchev–Trinajstić information content (AvgIpc) is 3.23. The zero-order valence-corrected chi connectivity index (χ0v) is 21.8. The van der Waals surface area contributed by atoms with E-state index in [4.69, 9.17) is 11.5 Å². The Kier molecular flexibility index (Phi) is 8.86. The van der Waals surface area contributed by atoms with Gasteiger partial charge in [0.1, 0.15) is 11.5 Å². The molecular formula is C26H28FN7O2S. The summed E-state index contributed by atoms with van der Waals surface area (Å²) >= 11 is 1.21. The number of nitrogens with one attached hydrogen (secondary N) is 1. The van der Waals surface area contributed by atoms with E-state index in [1.165, 1.54) is 35.7 Å². The second-order valence-electron chi connectivity index (χ2n) is 8.03. The fourth-order valence-corrected chi connectivity index (χ4v) is 4.08. The molecule has 0 aliphatic carbocycles. The third-order valence-corrected chi connectivity index (χ3v) is 6.57. The average molecular weight is 522 g/mol. The lowest BCUT2D eigenvalue weighted by Crippen LogP contribution is -2.22. The van der Waals surface area contributed by atoms with Crippen LogP contribution in [0.3, 0.4) is 0 Å². The van der Waals surface area contributed by atoms with Gasteiger partial charge in [0, 0.05) is 41.1 Å². The number of aryl methyl sites for hydroxylation is 3. The molecule has 3 rings (SSSR count). The van der Waals surface area contributed by atoms with Gasteiger partial charge in [-0.3, -0.25) is 14.3 Å². The summed E-state index contributed by atoms with van der Waals surface area (Å²) in [6.45, 7) is 5.42. The highest BCUT2D eigenvalue weighted by Gasteiger charge is 2.17. The van der Waals surface area contributed by atoms with Gasteiger partial charge in [0.05, 0.1) is 5.69 Å². The van der Waals surface area contributed by atoms with E-state index in [0.29, 0.717) is 23.4 Å². The van der Waals surface area contributed by atoms with E-state index < -0.39 is 17.6 Å². The molecule has 0 spiro atoms. The number of nitrogens with two attached hydrogens (primary N) is 2. The van der Waals surface area contributed by atoms with Crippen molar-refractivity contribution in [1.29, 1.82) is 0 Å². The number of rotatable bonds is 7. The van der Waals surface area contributed by atoms with Gasteiger partial charge in [-0.2, -0.15) is 5.10 Å². The first-order valence-corrected chi connectivity index (χ1v) is 12.2. The molecule has 2 aromatic heterocycles. The second kappa shape index (κ2) is 12.0. The molecule has 37 heavy (non-hydrogen) atoms. The fourth-order valence-electron chi connectivity index (χ4n) is 3.28. The van der Waals surface area contributed by atoms with Gasteiger partial charge in [-0.1, -0.05) is 19.1 Å². The lowest BCUT2D eigenvalue weighted by molar-refractivity contribution is -0.111. The predicted molar refractivity (Wildman–Crippen MR) is 145 cm³/mol. The van der Waals surface area contributed by atoms with E-state index >= 15 is 0 Å². The SMILES string of the molecule is CCc1cccccnc(C(=O)Nc2c(F)ccc(C(N)=CC(=Nc3cc(C)n(C)n3)C(N)=O)c2C)s1. The Balaban J connectivity index is 2.00. The molecule has 5 N–H and O–H groups in total. The van der Waals surface area contributed by atoms with Crippen molar-refractivity contribution in [2.45, 2.75) is 27.2 Å².